The molecule has 0 spiro atoms. The van der Waals surface area contributed by atoms with E-state index in [1.165, 1.54) is 0 Å². The van der Waals surface area contributed by atoms with Crippen molar-refractivity contribution in [3.05, 3.63) is 64.9 Å². The molecule has 7 nitrogen and oxygen atoms in total. The molecule has 1 aliphatic heterocycles. The van der Waals surface area contributed by atoms with Crippen molar-refractivity contribution in [3.63, 3.8) is 0 Å². The molecule has 1 saturated heterocycles. The van der Waals surface area contributed by atoms with Gasteiger partial charge in [0.25, 0.3) is 0 Å². The Kier molecular flexibility index (Phi) is 9.74. The van der Waals surface area contributed by atoms with Gasteiger partial charge in [0.15, 0.2) is 0 Å². The van der Waals surface area contributed by atoms with Crippen LogP contribution in [0.5, 0.6) is 0 Å². The fourth-order valence-corrected chi connectivity index (χ4v) is 5.39. The van der Waals surface area contributed by atoms with E-state index in [-0.39, 0.29) is 35.2 Å². The lowest BCUT2D eigenvalue weighted by Gasteiger charge is -2.45. The molecule has 1 aromatic carbocycles. The molecule has 3 rings (SSSR count). The highest BCUT2D eigenvalue weighted by Crippen LogP contribution is 2.40. The first kappa shape index (κ1) is 27.9. The number of carbonyl (C=O) groups excluding carboxylic acids is 2. The van der Waals surface area contributed by atoms with E-state index in [0.29, 0.717) is 37.6 Å². The summed E-state index contributed by atoms with van der Waals surface area (Å²) in [6.45, 7) is 9.06. The number of primary amides is 1. The average molecular weight is 514 g/mol. The third-order valence-corrected chi connectivity index (χ3v) is 7.34. The molecule has 0 radical (unpaired) electrons. The van der Waals surface area contributed by atoms with Gasteiger partial charge in [-0.25, -0.2) is 4.79 Å². The quantitative estimate of drug-likeness (QED) is 0.516. The summed E-state index contributed by atoms with van der Waals surface area (Å²) in [4.78, 5) is 34.0. The maximum absolute atomic E-state index is 14.0. The number of nitrogens with one attached hydrogen (secondary N) is 1. The van der Waals surface area contributed by atoms with Gasteiger partial charge in [0.05, 0.1) is 0 Å². The van der Waals surface area contributed by atoms with E-state index in [1.807, 2.05) is 55.7 Å². The summed E-state index contributed by atoms with van der Waals surface area (Å²) in [6, 6.07) is 13.3. The fraction of sp³-hybridized carbons (Fsp3) is 0.536. The minimum atomic E-state index is -0.385. The molecule has 0 bridgehead atoms. The Morgan fingerprint density at radius 3 is 2.36 bits per heavy atom. The van der Waals surface area contributed by atoms with Crippen molar-refractivity contribution in [3.8, 4) is 0 Å². The highest BCUT2D eigenvalue weighted by atomic mass is 35.5. The first-order chi connectivity index (χ1) is 17.1. The van der Waals surface area contributed by atoms with Crippen LogP contribution in [0.4, 0.5) is 4.79 Å². The Balaban J connectivity index is 1.97. The Morgan fingerprint density at radius 2 is 1.83 bits per heavy atom. The van der Waals surface area contributed by atoms with Crippen LogP contribution in [0.3, 0.4) is 0 Å². The zero-order valence-electron chi connectivity index (χ0n) is 21.9. The first-order valence-corrected chi connectivity index (χ1v) is 13.1. The van der Waals surface area contributed by atoms with Gasteiger partial charge in [-0.15, -0.1) is 0 Å². The molecular formula is C28H40ClN5O2. The van der Waals surface area contributed by atoms with Crippen molar-refractivity contribution in [2.75, 3.05) is 33.2 Å². The van der Waals surface area contributed by atoms with Crippen LogP contribution in [0.2, 0.25) is 5.02 Å². The Morgan fingerprint density at radius 1 is 1.17 bits per heavy atom. The normalized spacial score (nSPS) is 16.4. The Bertz CT molecular complexity index is 985. The van der Waals surface area contributed by atoms with Crippen LogP contribution >= 0.6 is 11.6 Å². The van der Waals surface area contributed by atoms with Crippen molar-refractivity contribution in [2.45, 2.75) is 52.0 Å². The molecule has 2 unspecified atom stereocenters. The van der Waals surface area contributed by atoms with E-state index < -0.39 is 0 Å². The van der Waals surface area contributed by atoms with E-state index in [4.69, 9.17) is 22.3 Å². The van der Waals surface area contributed by atoms with Crippen molar-refractivity contribution >= 4 is 23.5 Å². The number of likely N-dealkylation sites (N-methyl/N-ethyl adjacent to an activating group) is 1. The van der Waals surface area contributed by atoms with E-state index in [0.717, 1.165) is 24.1 Å². The number of nitrogens with two attached hydrogens (primary N) is 1. The number of halogens is 1. The molecule has 8 heteroatoms. The van der Waals surface area contributed by atoms with Crippen molar-refractivity contribution in [1.29, 1.82) is 0 Å². The summed E-state index contributed by atoms with van der Waals surface area (Å²) >= 11 is 6.23. The number of likely N-dealkylation sites (tertiary alicyclic amines) is 1. The maximum Gasteiger partial charge on any atom is 0.314 e. The van der Waals surface area contributed by atoms with Gasteiger partial charge in [0, 0.05) is 61.5 Å². The van der Waals surface area contributed by atoms with Crippen LogP contribution in [-0.2, 0) is 4.79 Å². The number of rotatable bonds is 9. The Labute approximate surface area is 220 Å². The van der Waals surface area contributed by atoms with Crippen LogP contribution in [0.25, 0.3) is 0 Å². The number of nitrogens with zero attached hydrogens (tertiary/aromatic N) is 3. The van der Waals surface area contributed by atoms with Gasteiger partial charge in [-0.05, 0) is 61.1 Å². The number of amides is 3. The zero-order valence-corrected chi connectivity index (χ0v) is 22.7. The number of urea groups is 1. The monoisotopic (exact) mass is 513 g/mol. The van der Waals surface area contributed by atoms with Crippen LogP contribution in [0.1, 0.15) is 57.2 Å². The number of aromatic nitrogens is 1. The molecule has 3 N–H and O–H groups in total. The molecule has 196 valence electrons. The standard InChI is InChI=1S/C28H40ClN5O2/c1-28(2,3)26(25(23-7-5-6-14-32-23)21-8-10-22(29)11-9-21)34(18-15-31-4)24(35)19-20-12-16-33(17-13-20)27(30)36/h5-11,14,20,25-26,31H,12-13,15-19H2,1-4H3,(H2,30,36). The number of benzene rings is 1. The first-order valence-electron chi connectivity index (χ1n) is 12.8. The fourth-order valence-electron chi connectivity index (χ4n) is 5.27. The largest absolute Gasteiger partial charge is 0.351 e. The highest BCUT2D eigenvalue weighted by molar-refractivity contribution is 6.30. The van der Waals surface area contributed by atoms with Gasteiger partial charge < -0.3 is 20.9 Å². The average Bonchev–Trinajstić information content (AvgIpc) is 2.84. The second-order valence-corrected chi connectivity index (χ2v) is 11.2. The molecular weight excluding hydrogens is 474 g/mol. The molecule has 2 atom stereocenters. The summed E-state index contributed by atoms with van der Waals surface area (Å²) in [5.41, 5.74) is 7.22. The topological polar surface area (TPSA) is 91.6 Å². The predicted molar refractivity (Wildman–Crippen MR) is 145 cm³/mol. The molecule has 3 amide bonds. The maximum atomic E-state index is 14.0. The van der Waals surface area contributed by atoms with E-state index in [1.54, 1.807) is 4.90 Å². The SMILES string of the molecule is CNCCN(C(=O)CC1CCN(C(N)=O)CC1)C(C(c1ccc(Cl)cc1)c1ccccn1)C(C)(C)C. The molecule has 1 aromatic heterocycles. The molecule has 2 heterocycles. The highest BCUT2D eigenvalue weighted by Gasteiger charge is 2.41. The number of pyridine rings is 1. The zero-order chi connectivity index (χ0) is 26.3. The number of hydrogen-bond donors (Lipinski definition) is 2. The second kappa shape index (κ2) is 12.5. The van der Waals surface area contributed by atoms with Crippen LogP contribution in [-0.4, -0.2) is 66.0 Å². The van der Waals surface area contributed by atoms with Crippen LogP contribution in [0.15, 0.2) is 48.7 Å². The number of hydrogen-bond acceptors (Lipinski definition) is 4. The number of carbonyl (C=O) groups is 2. The summed E-state index contributed by atoms with van der Waals surface area (Å²) < 4.78 is 0. The van der Waals surface area contributed by atoms with E-state index in [2.05, 4.69) is 31.0 Å². The lowest BCUT2D eigenvalue weighted by molar-refractivity contribution is -0.137. The lowest BCUT2D eigenvalue weighted by atomic mass is 9.73. The van der Waals surface area contributed by atoms with Crippen molar-refractivity contribution in [1.82, 2.24) is 20.1 Å². The van der Waals surface area contributed by atoms with Crippen LogP contribution < -0.4 is 11.1 Å². The number of piperidine rings is 1. The third-order valence-electron chi connectivity index (χ3n) is 7.09. The van der Waals surface area contributed by atoms with Crippen molar-refractivity contribution < 1.29 is 9.59 Å². The van der Waals surface area contributed by atoms with E-state index >= 15 is 0 Å². The Hall–Kier alpha value is -2.64. The van der Waals surface area contributed by atoms with E-state index in [9.17, 15) is 9.59 Å². The van der Waals surface area contributed by atoms with Crippen molar-refractivity contribution in [2.24, 2.45) is 17.1 Å². The van der Waals surface area contributed by atoms with Gasteiger partial charge in [0.2, 0.25) is 5.91 Å². The summed E-state index contributed by atoms with van der Waals surface area (Å²) in [5, 5.41) is 3.90. The smallest absolute Gasteiger partial charge is 0.314 e. The van der Waals surface area contributed by atoms with Gasteiger partial charge in [0.1, 0.15) is 0 Å². The predicted octanol–water partition coefficient (Wildman–Crippen LogP) is 4.51. The lowest BCUT2D eigenvalue weighted by Crippen LogP contribution is -2.53. The minimum Gasteiger partial charge on any atom is -0.351 e. The van der Waals surface area contributed by atoms with Crippen LogP contribution in [0, 0.1) is 11.3 Å². The molecule has 0 saturated carbocycles. The van der Waals surface area contributed by atoms with Gasteiger partial charge >= 0.3 is 6.03 Å². The molecule has 36 heavy (non-hydrogen) atoms. The summed E-state index contributed by atoms with van der Waals surface area (Å²) in [7, 11) is 1.91. The summed E-state index contributed by atoms with van der Waals surface area (Å²) in [5.74, 6) is 0.244. The molecule has 2 aromatic rings. The third kappa shape index (κ3) is 7.20. The molecule has 0 aliphatic carbocycles. The molecule has 1 aliphatic rings. The van der Waals surface area contributed by atoms with Gasteiger partial charge in [-0.1, -0.05) is 50.6 Å². The summed E-state index contributed by atoms with van der Waals surface area (Å²) in [6.07, 6.45) is 3.84. The van der Waals surface area contributed by atoms with Gasteiger partial charge in [-0.3, -0.25) is 9.78 Å². The minimum absolute atomic E-state index is 0.124. The van der Waals surface area contributed by atoms with Gasteiger partial charge in [-0.2, -0.15) is 0 Å². The second-order valence-electron chi connectivity index (χ2n) is 10.8. The molecule has 1 fully saturated rings.